The Morgan fingerprint density at radius 3 is 3.00 bits per heavy atom. The van der Waals surface area contributed by atoms with Gasteiger partial charge in [0.05, 0.1) is 19.0 Å². The molecule has 1 atom stereocenters. The van der Waals surface area contributed by atoms with Crippen molar-refractivity contribution in [3.8, 4) is 0 Å². The number of carbonyl (C=O) groups is 1. The molecule has 0 spiro atoms. The molecule has 0 amide bonds. The van der Waals surface area contributed by atoms with Crippen LogP contribution in [0.2, 0.25) is 0 Å². The smallest absolute Gasteiger partial charge is 0.311 e. The van der Waals surface area contributed by atoms with E-state index in [0.29, 0.717) is 24.7 Å². The third-order valence-electron chi connectivity index (χ3n) is 3.99. The Kier molecular flexibility index (Phi) is 5.82. The molecule has 126 valence electrons. The number of esters is 1. The second kappa shape index (κ2) is 8.26. The van der Waals surface area contributed by atoms with Crippen LogP contribution in [0, 0.1) is 0 Å². The van der Waals surface area contributed by atoms with Crippen LogP contribution in [0.4, 0.5) is 0 Å². The van der Waals surface area contributed by atoms with Gasteiger partial charge in [0, 0.05) is 4.88 Å². The van der Waals surface area contributed by atoms with Gasteiger partial charge in [0.15, 0.2) is 5.11 Å². The minimum absolute atomic E-state index is 0.206. The number of benzene rings is 1. The zero-order valence-corrected chi connectivity index (χ0v) is 14.9. The molecule has 1 aromatic heterocycles. The van der Waals surface area contributed by atoms with Gasteiger partial charge in [-0.3, -0.25) is 4.79 Å². The van der Waals surface area contributed by atoms with Gasteiger partial charge in [-0.05, 0) is 47.6 Å². The van der Waals surface area contributed by atoms with E-state index in [2.05, 4.69) is 34.9 Å². The van der Waals surface area contributed by atoms with Gasteiger partial charge in [-0.15, -0.1) is 11.3 Å². The van der Waals surface area contributed by atoms with Crippen molar-refractivity contribution >= 4 is 34.6 Å². The second-order valence-electron chi connectivity index (χ2n) is 5.67. The molecular formula is C18H20N2O2S2. The molecule has 2 aromatic rings. The molecule has 0 saturated carbocycles. The van der Waals surface area contributed by atoms with E-state index in [1.54, 1.807) is 11.3 Å². The van der Waals surface area contributed by atoms with E-state index in [1.807, 2.05) is 17.5 Å². The number of fused-ring (bicyclic) bond motifs is 1. The fourth-order valence-corrected chi connectivity index (χ4v) is 3.79. The number of rotatable bonds is 6. The molecule has 0 bridgehead atoms. The molecule has 0 radical (unpaired) electrons. The highest BCUT2D eigenvalue weighted by atomic mass is 32.1. The normalized spacial score (nSPS) is 15.6. The van der Waals surface area contributed by atoms with Crippen LogP contribution in [-0.2, 0) is 22.4 Å². The van der Waals surface area contributed by atoms with Crippen molar-refractivity contribution in [3.63, 3.8) is 0 Å². The number of thiophene rings is 1. The summed E-state index contributed by atoms with van der Waals surface area (Å²) in [6, 6.07) is 12.6. The van der Waals surface area contributed by atoms with Crippen LogP contribution in [0.15, 0.2) is 41.8 Å². The molecule has 0 aliphatic heterocycles. The number of thiocarbonyl (C=S) groups is 1. The highest BCUT2D eigenvalue weighted by Gasteiger charge is 2.22. The quantitative estimate of drug-likeness (QED) is 0.471. The average molecular weight is 361 g/mol. The van der Waals surface area contributed by atoms with Gasteiger partial charge in [0.1, 0.15) is 6.61 Å². The van der Waals surface area contributed by atoms with Gasteiger partial charge >= 0.3 is 5.97 Å². The molecule has 0 unspecified atom stereocenters. The summed E-state index contributed by atoms with van der Waals surface area (Å²) in [5, 5.41) is 9.00. The molecular weight excluding hydrogens is 340 g/mol. The largest absolute Gasteiger partial charge is 0.464 e. The van der Waals surface area contributed by atoms with Gasteiger partial charge < -0.3 is 15.4 Å². The zero-order chi connectivity index (χ0) is 16.8. The van der Waals surface area contributed by atoms with Gasteiger partial charge in [0.25, 0.3) is 0 Å². The van der Waals surface area contributed by atoms with E-state index < -0.39 is 0 Å². The van der Waals surface area contributed by atoms with Crippen molar-refractivity contribution in [2.24, 2.45) is 0 Å². The molecule has 1 aromatic carbocycles. The standard InChI is InChI=1S/C18H20N2O2S2/c21-17(12-14-5-3-11-24-14)22-10-9-19-18(23)20-16-8-7-13-4-1-2-6-15(13)16/h1-6,11,16H,7-10,12H2,(H2,19,20,23)/t16-/m0/s1. The Hall–Kier alpha value is -1.92. The van der Waals surface area contributed by atoms with Crippen molar-refractivity contribution in [2.45, 2.75) is 25.3 Å². The highest BCUT2D eigenvalue weighted by molar-refractivity contribution is 7.80. The predicted molar refractivity (Wildman–Crippen MR) is 100 cm³/mol. The summed E-state index contributed by atoms with van der Waals surface area (Å²) in [5.74, 6) is -0.206. The first-order valence-electron chi connectivity index (χ1n) is 8.02. The molecule has 3 rings (SSSR count). The minimum atomic E-state index is -0.206. The number of carbonyl (C=O) groups excluding carboxylic acids is 1. The summed E-state index contributed by atoms with van der Waals surface area (Å²) in [5.41, 5.74) is 2.71. The second-order valence-corrected chi connectivity index (χ2v) is 7.11. The summed E-state index contributed by atoms with van der Waals surface area (Å²) in [6.07, 6.45) is 2.47. The maximum Gasteiger partial charge on any atom is 0.311 e. The molecule has 24 heavy (non-hydrogen) atoms. The Morgan fingerprint density at radius 1 is 1.29 bits per heavy atom. The van der Waals surface area contributed by atoms with Crippen molar-refractivity contribution in [1.82, 2.24) is 10.6 Å². The fraction of sp³-hybridized carbons (Fsp3) is 0.333. The lowest BCUT2D eigenvalue weighted by Crippen LogP contribution is -2.38. The van der Waals surface area contributed by atoms with Crippen LogP contribution in [0.3, 0.4) is 0 Å². The SMILES string of the molecule is O=C(Cc1cccs1)OCCNC(=S)N[C@H]1CCc2ccccc21. The molecule has 1 heterocycles. The van der Waals surface area contributed by atoms with E-state index in [9.17, 15) is 4.79 Å². The summed E-state index contributed by atoms with van der Waals surface area (Å²) in [6.45, 7) is 0.823. The maximum atomic E-state index is 11.7. The predicted octanol–water partition coefficient (Wildman–Crippen LogP) is 2.99. The van der Waals surface area contributed by atoms with E-state index in [0.717, 1.165) is 17.7 Å². The number of nitrogens with one attached hydrogen (secondary N) is 2. The first kappa shape index (κ1) is 16.9. The Bertz CT molecular complexity index is 701. The average Bonchev–Trinajstić information content (AvgIpc) is 3.22. The highest BCUT2D eigenvalue weighted by Crippen LogP contribution is 2.30. The van der Waals surface area contributed by atoms with Crippen molar-refractivity contribution in [3.05, 3.63) is 57.8 Å². The molecule has 1 aliphatic rings. The van der Waals surface area contributed by atoms with Crippen LogP contribution in [0.25, 0.3) is 0 Å². The van der Waals surface area contributed by atoms with Crippen molar-refractivity contribution in [1.29, 1.82) is 0 Å². The first-order valence-corrected chi connectivity index (χ1v) is 9.31. The third kappa shape index (κ3) is 4.55. The van der Waals surface area contributed by atoms with Crippen molar-refractivity contribution < 1.29 is 9.53 Å². The topological polar surface area (TPSA) is 50.4 Å². The number of ether oxygens (including phenoxy) is 1. The number of hydrogen-bond acceptors (Lipinski definition) is 4. The maximum absolute atomic E-state index is 11.7. The Balaban J connectivity index is 1.34. The number of hydrogen-bond donors (Lipinski definition) is 2. The lowest BCUT2D eigenvalue weighted by atomic mass is 10.1. The molecule has 2 N–H and O–H groups in total. The monoisotopic (exact) mass is 360 g/mol. The van der Waals surface area contributed by atoms with E-state index >= 15 is 0 Å². The first-order chi connectivity index (χ1) is 11.7. The van der Waals surface area contributed by atoms with E-state index in [1.165, 1.54) is 11.1 Å². The lowest BCUT2D eigenvalue weighted by molar-refractivity contribution is -0.142. The third-order valence-corrected chi connectivity index (χ3v) is 5.13. The summed E-state index contributed by atoms with van der Waals surface area (Å²) < 4.78 is 5.21. The molecule has 4 nitrogen and oxygen atoms in total. The van der Waals surface area contributed by atoms with Crippen LogP contribution >= 0.6 is 23.6 Å². The van der Waals surface area contributed by atoms with E-state index in [-0.39, 0.29) is 12.0 Å². The van der Waals surface area contributed by atoms with Gasteiger partial charge in [-0.2, -0.15) is 0 Å². The summed E-state index contributed by atoms with van der Waals surface area (Å²) in [7, 11) is 0. The summed E-state index contributed by atoms with van der Waals surface area (Å²) in [4.78, 5) is 12.7. The number of aryl methyl sites for hydroxylation is 1. The molecule has 0 saturated heterocycles. The van der Waals surface area contributed by atoms with Gasteiger partial charge in [-0.25, -0.2) is 0 Å². The van der Waals surface area contributed by atoms with Crippen molar-refractivity contribution in [2.75, 3.05) is 13.2 Å². The van der Waals surface area contributed by atoms with Crippen LogP contribution in [0.5, 0.6) is 0 Å². The Morgan fingerprint density at radius 2 is 2.17 bits per heavy atom. The van der Waals surface area contributed by atoms with E-state index in [4.69, 9.17) is 17.0 Å². The fourth-order valence-electron chi connectivity index (χ4n) is 2.85. The van der Waals surface area contributed by atoms with Gasteiger partial charge in [-0.1, -0.05) is 30.3 Å². The zero-order valence-electron chi connectivity index (χ0n) is 13.3. The van der Waals surface area contributed by atoms with Crippen LogP contribution < -0.4 is 10.6 Å². The van der Waals surface area contributed by atoms with Crippen LogP contribution in [0.1, 0.15) is 28.5 Å². The van der Waals surface area contributed by atoms with Gasteiger partial charge in [0.2, 0.25) is 0 Å². The lowest BCUT2D eigenvalue weighted by Gasteiger charge is -2.17. The Labute approximate surface area is 151 Å². The molecule has 0 fully saturated rings. The van der Waals surface area contributed by atoms with Crippen LogP contribution in [-0.4, -0.2) is 24.2 Å². The summed E-state index contributed by atoms with van der Waals surface area (Å²) >= 11 is 6.89. The molecule has 6 heteroatoms. The molecule has 1 aliphatic carbocycles. The minimum Gasteiger partial charge on any atom is -0.464 e.